The normalized spacial score (nSPS) is 16.3. The Morgan fingerprint density at radius 1 is 1.39 bits per heavy atom. The van der Waals surface area contributed by atoms with Gasteiger partial charge in [0.05, 0.1) is 13.0 Å². The average Bonchev–Trinajstić information content (AvgIpc) is 2.83. The van der Waals surface area contributed by atoms with Crippen molar-refractivity contribution in [3.63, 3.8) is 0 Å². The highest BCUT2D eigenvalue weighted by Crippen LogP contribution is 2.22. The van der Waals surface area contributed by atoms with Crippen molar-refractivity contribution in [2.24, 2.45) is 0 Å². The molecule has 1 aliphatic heterocycles. The minimum atomic E-state index is -0.295. The molecule has 1 N–H and O–H groups in total. The number of methoxy groups -OCH3 is 1. The van der Waals surface area contributed by atoms with Crippen molar-refractivity contribution in [2.45, 2.75) is 12.8 Å². The summed E-state index contributed by atoms with van der Waals surface area (Å²) >= 11 is 0. The van der Waals surface area contributed by atoms with Crippen molar-refractivity contribution in [1.29, 1.82) is 0 Å². The molecule has 2 amide bonds. The molecule has 0 radical (unpaired) electrons. The Balaban J connectivity index is 2.15. The molecule has 2 rings (SSSR count). The largest absolute Gasteiger partial charge is 0.469 e. The van der Waals surface area contributed by atoms with Crippen molar-refractivity contribution in [3.8, 4) is 0 Å². The van der Waals surface area contributed by atoms with Crippen LogP contribution in [-0.4, -0.2) is 32.2 Å². The lowest BCUT2D eigenvalue weighted by atomic mass is 10.0. The first-order valence-corrected chi connectivity index (χ1v) is 5.86. The third kappa shape index (κ3) is 2.30. The predicted octanol–water partition coefficient (Wildman–Crippen LogP) is 1.49. The molecule has 1 heterocycles. The quantitative estimate of drug-likeness (QED) is 0.824. The van der Waals surface area contributed by atoms with Crippen LogP contribution in [0.1, 0.15) is 18.4 Å². The summed E-state index contributed by atoms with van der Waals surface area (Å²) in [4.78, 5) is 24.6. The van der Waals surface area contributed by atoms with E-state index in [-0.39, 0.29) is 17.9 Å². The van der Waals surface area contributed by atoms with Gasteiger partial charge in [0.25, 0.3) is 0 Å². The molecule has 96 valence electrons. The maximum atomic E-state index is 11.5. The van der Waals surface area contributed by atoms with Gasteiger partial charge in [-0.1, -0.05) is 12.1 Å². The number of amides is 2. The summed E-state index contributed by atoms with van der Waals surface area (Å²) in [6.07, 6.45) is 0. The zero-order valence-electron chi connectivity index (χ0n) is 10.5. The highest BCUT2D eigenvalue weighted by Gasteiger charge is 2.21. The smallest absolute Gasteiger partial charge is 0.321 e. The van der Waals surface area contributed by atoms with E-state index in [0.717, 1.165) is 11.3 Å². The van der Waals surface area contributed by atoms with E-state index in [0.29, 0.717) is 13.1 Å². The molecule has 0 spiro atoms. The van der Waals surface area contributed by atoms with Gasteiger partial charge in [0.2, 0.25) is 0 Å². The lowest BCUT2D eigenvalue weighted by Crippen LogP contribution is -2.27. The SMILES string of the molecule is COC(=O)[C@@H](C)c1ccc(N2CCNC2=O)cc1. The number of benzene rings is 1. The van der Waals surface area contributed by atoms with E-state index in [1.807, 2.05) is 24.3 Å². The number of rotatable bonds is 3. The van der Waals surface area contributed by atoms with Crippen LogP contribution in [-0.2, 0) is 9.53 Å². The summed E-state index contributed by atoms with van der Waals surface area (Å²) in [6.45, 7) is 3.13. The monoisotopic (exact) mass is 248 g/mol. The van der Waals surface area contributed by atoms with Crippen molar-refractivity contribution in [1.82, 2.24) is 5.32 Å². The van der Waals surface area contributed by atoms with E-state index in [2.05, 4.69) is 5.32 Å². The lowest BCUT2D eigenvalue weighted by molar-refractivity contribution is -0.141. The van der Waals surface area contributed by atoms with Crippen LogP contribution in [0.5, 0.6) is 0 Å². The summed E-state index contributed by atoms with van der Waals surface area (Å²) in [6, 6.07) is 7.31. The van der Waals surface area contributed by atoms with Crippen LogP contribution in [0.2, 0.25) is 0 Å². The van der Waals surface area contributed by atoms with Gasteiger partial charge < -0.3 is 10.1 Å². The number of carbonyl (C=O) groups is 2. The van der Waals surface area contributed by atoms with E-state index in [1.54, 1.807) is 11.8 Å². The third-order valence-corrected chi connectivity index (χ3v) is 3.12. The maximum Gasteiger partial charge on any atom is 0.321 e. The molecule has 1 saturated heterocycles. The molecule has 1 aliphatic rings. The molecule has 5 nitrogen and oxygen atoms in total. The van der Waals surface area contributed by atoms with Gasteiger partial charge in [-0.15, -0.1) is 0 Å². The van der Waals surface area contributed by atoms with Gasteiger partial charge in [0, 0.05) is 18.8 Å². The van der Waals surface area contributed by atoms with Gasteiger partial charge in [-0.3, -0.25) is 9.69 Å². The maximum absolute atomic E-state index is 11.5. The molecule has 0 saturated carbocycles. The summed E-state index contributed by atoms with van der Waals surface area (Å²) < 4.78 is 4.70. The van der Waals surface area contributed by atoms with Crippen LogP contribution in [0.25, 0.3) is 0 Å². The number of nitrogens with one attached hydrogen (secondary N) is 1. The van der Waals surface area contributed by atoms with Crippen molar-refractivity contribution >= 4 is 17.7 Å². The van der Waals surface area contributed by atoms with Crippen LogP contribution in [0.4, 0.5) is 10.5 Å². The molecule has 1 atom stereocenters. The minimum absolute atomic E-state index is 0.0798. The topological polar surface area (TPSA) is 58.6 Å². The van der Waals surface area contributed by atoms with Crippen molar-refractivity contribution in [2.75, 3.05) is 25.1 Å². The van der Waals surface area contributed by atoms with Crippen LogP contribution < -0.4 is 10.2 Å². The van der Waals surface area contributed by atoms with Crippen LogP contribution >= 0.6 is 0 Å². The van der Waals surface area contributed by atoms with Crippen LogP contribution in [0, 0.1) is 0 Å². The van der Waals surface area contributed by atoms with Gasteiger partial charge in [-0.2, -0.15) is 0 Å². The standard InChI is InChI=1S/C13H16N2O3/c1-9(12(16)18-2)10-3-5-11(6-4-10)15-8-7-14-13(15)17/h3-6,9H,7-8H2,1-2H3,(H,14,17)/t9-/m0/s1. The zero-order valence-corrected chi connectivity index (χ0v) is 10.5. The molecule has 0 unspecified atom stereocenters. The number of carbonyl (C=O) groups excluding carboxylic acids is 2. The molecule has 0 aromatic heterocycles. The van der Waals surface area contributed by atoms with Crippen LogP contribution in [0.15, 0.2) is 24.3 Å². The fourth-order valence-corrected chi connectivity index (χ4v) is 1.97. The molecule has 0 aliphatic carbocycles. The van der Waals surface area contributed by atoms with E-state index in [4.69, 9.17) is 4.74 Å². The van der Waals surface area contributed by atoms with Gasteiger partial charge in [0.1, 0.15) is 0 Å². The summed E-state index contributed by atoms with van der Waals surface area (Å²) in [5.41, 5.74) is 1.72. The van der Waals surface area contributed by atoms with Gasteiger partial charge >= 0.3 is 12.0 Å². The Morgan fingerprint density at radius 2 is 2.06 bits per heavy atom. The molecule has 1 fully saturated rings. The first kappa shape index (κ1) is 12.4. The highest BCUT2D eigenvalue weighted by molar-refractivity contribution is 5.94. The molecule has 5 heteroatoms. The van der Waals surface area contributed by atoms with E-state index >= 15 is 0 Å². The summed E-state index contributed by atoms with van der Waals surface area (Å²) in [5, 5.41) is 2.75. The Labute approximate surface area is 106 Å². The second-order valence-electron chi connectivity index (χ2n) is 4.22. The van der Waals surface area contributed by atoms with Crippen LogP contribution in [0.3, 0.4) is 0 Å². The minimum Gasteiger partial charge on any atom is -0.469 e. The third-order valence-electron chi connectivity index (χ3n) is 3.12. The lowest BCUT2D eigenvalue weighted by Gasteiger charge is -2.15. The molecular formula is C13H16N2O3. The number of anilines is 1. The zero-order chi connectivity index (χ0) is 13.1. The van der Waals surface area contributed by atoms with E-state index in [9.17, 15) is 9.59 Å². The molecular weight excluding hydrogens is 232 g/mol. The fraction of sp³-hybridized carbons (Fsp3) is 0.385. The summed E-state index contributed by atoms with van der Waals surface area (Å²) in [7, 11) is 1.38. The molecule has 18 heavy (non-hydrogen) atoms. The number of hydrogen-bond acceptors (Lipinski definition) is 3. The molecule has 0 bridgehead atoms. The molecule has 1 aromatic rings. The second-order valence-corrected chi connectivity index (χ2v) is 4.22. The van der Waals surface area contributed by atoms with Gasteiger partial charge in [0.15, 0.2) is 0 Å². The fourth-order valence-electron chi connectivity index (χ4n) is 1.97. The Kier molecular flexibility index (Phi) is 3.50. The number of hydrogen-bond donors (Lipinski definition) is 1. The number of nitrogens with zero attached hydrogens (tertiary/aromatic N) is 1. The first-order chi connectivity index (χ1) is 8.63. The second kappa shape index (κ2) is 5.08. The van der Waals surface area contributed by atoms with Crippen molar-refractivity contribution < 1.29 is 14.3 Å². The van der Waals surface area contributed by atoms with E-state index < -0.39 is 0 Å². The number of esters is 1. The van der Waals surface area contributed by atoms with Crippen molar-refractivity contribution in [3.05, 3.63) is 29.8 Å². The average molecular weight is 248 g/mol. The van der Waals surface area contributed by atoms with E-state index in [1.165, 1.54) is 7.11 Å². The van der Waals surface area contributed by atoms with Gasteiger partial charge in [-0.25, -0.2) is 4.79 Å². The molecule has 1 aromatic carbocycles. The summed E-state index contributed by atoms with van der Waals surface area (Å²) in [5.74, 6) is -0.557. The number of ether oxygens (including phenoxy) is 1. The number of urea groups is 1. The Morgan fingerprint density at radius 3 is 2.56 bits per heavy atom. The Hall–Kier alpha value is -2.04. The highest BCUT2D eigenvalue weighted by atomic mass is 16.5. The Bertz CT molecular complexity index is 456. The van der Waals surface area contributed by atoms with Gasteiger partial charge in [-0.05, 0) is 24.6 Å². The predicted molar refractivity (Wildman–Crippen MR) is 67.6 cm³/mol. The first-order valence-electron chi connectivity index (χ1n) is 5.86.